The van der Waals surface area contributed by atoms with E-state index < -0.39 is 0 Å². The lowest BCUT2D eigenvalue weighted by atomic mass is 10.0. The maximum absolute atomic E-state index is 12.6. The summed E-state index contributed by atoms with van der Waals surface area (Å²) in [7, 11) is 0. The van der Waals surface area contributed by atoms with E-state index in [1.165, 1.54) is 12.8 Å². The summed E-state index contributed by atoms with van der Waals surface area (Å²) in [6.45, 7) is 3.83. The number of carbonyl (C=O) groups is 1. The Kier molecular flexibility index (Phi) is 2.59. The van der Waals surface area contributed by atoms with Crippen molar-refractivity contribution in [3.8, 4) is 0 Å². The van der Waals surface area contributed by atoms with Crippen molar-refractivity contribution in [2.75, 3.05) is 11.4 Å². The van der Waals surface area contributed by atoms with Gasteiger partial charge < -0.3 is 4.90 Å². The van der Waals surface area contributed by atoms with E-state index >= 15 is 0 Å². The van der Waals surface area contributed by atoms with Crippen LogP contribution in [0.1, 0.15) is 26.2 Å². The zero-order valence-electron chi connectivity index (χ0n) is 11.7. The number of rotatable bonds is 2. The maximum atomic E-state index is 12.6. The Morgan fingerprint density at radius 3 is 3.05 bits per heavy atom. The second kappa shape index (κ2) is 4.33. The number of amides is 1. The number of aryl methyl sites for hydroxylation is 1. The van der Waals surface area contributed by atoms with Crippen molar-refractivity contribution in [3.63, 3.8) is 0 Å². The Balaban J connectivity index is 1.79. The molecule has 0 radical (unpaired) electrons. The Hall–Kier alpha value is -1.84. The molecule has 1 saturated carbocycles. The first-order valence-corrected chi connectivity index (χ1v) is 7.55. The van der Waals surface area contributed by atoms with Gasteiger partial charge in [0.25, 0.3) is 0 Å². The molecule has 2 aliphatic rings. The fourth-order valence-electron chi connectivity index (χ4n) is 3.90. The number of nitrogens with zero attached hydrogens (tertiary/aromatic N) is 3. The minimum Gasteiger partial charge on any atom is -0.311 e. The summed E-state index contributed by atoms with van der Waals surface area (Å²) in [6.07, 6.45) is 5.39. The lowest BCUT2D eigenvalue weighted by Gasteiger charge is -2.18. The molecule has 4 rings (SSSR count). The van der Waals surface area contributed by atoms with E-state index in [4.69, 9.17) is 0 Å². The monoisotopic (exact) mass is 269 g/mol. The predicted molar refractivity (Wildman–Crippen MR) is 78.6 cm³/mol. The highest BCUT2D eigenvalue weighted by Gasteiger charge is 2.43. The molecule has 20 heavy (non-hydrogen) atoms. The third-order valence-electron chi connectivity index (χ3n) is 4.91. The van der Waals surface area contributed by atoms with Crippen molar-refractivity contribution in [2.24, 2.45) is 11.8 Å². The van der Waals surface area contributed by atoms with E-state index in [0.717, 1.165) is 36.1 Å². The van der Waals surface area contributed by atoms with Crippen molar-refractivity contribution in [3.05, 3.63) is 24.4 Å². The minimum absolute atomic E-state index is 0.270. The minimum atomic E-state index is 0.270. The smallest absolute Gasteiger partial charge is 0.230 e. The van der Waals surface area contributed by atoms with Gasteiger partial charge in [-0.1, -0.05) is 12.5 Å². The molecule has 0 N–H and O–H groups in total. The van der Waals surface area contributed by atoms with E-state index in [1.54, 1.807) is 0 Å². The number of benzene rings is 1. The number of anilines is 1. The van der Waals surface area contributed by atoms with Crippen molar-refractivity contribution >= 4 is 22.5 Å². The van der Waals surface area contributed by atoms with Gasteiger partial charge in [-0.2, -0.15) is 5.10 Å². The van der Waals surface area contributed by atoms with Crippen LogP contribution in [0.15, 0.2) is 24.4 Å². The Bertz CT molecular complexity index is 675. The van der Waals surface area contributed by atoms with Crippen LogP contribution in [0.2, 0.25) is 0 Å². The van der Waals surface area contributed by atoms with Gasteiger partial charge in [-0.25, -0.2) is 0 Å². The van der Waals surface area contributed by atoms with E-state index in [0.29, 0.717) is 11.8 Å². The first-order valence-electron chi connectivity index (χ1n) is 7.55. The molecule has 104 valence electrons. The van der Waals surface area contributed by atoms with Gasteiger partial charge in [-0.05, 0) is 37.8 Å². The highest BCUT2D eigenvalue weighted by molar-refractivity contribution is 6.05. The average Bonchev–Trinajstić information content (AvgIpc) is 3.14. The third kappa shape index (κ3) is 1.54. The standard InChI is InChI=1S/C16H19N3O/c1-2-19-15-8-4-7-14(13(15)9-17-19)18-10-11-5-3-6-12(11)16(18)20/h4,7-9,11-12H,2-3,5-6,10H2,1H3/t11-,12-/m1/s1. The molecule has 2 aromatic rings. The van der Waals surface area contributed by atoms with Crippen molar-refractivity contribution < 1.29 is 4.79 Å². The molecule has 0 unspecified atom stereocenters. The summed E-state index contributed by atoms with van der Waals surface area (Å²) in [5.74, 6) is 1.16. The summed E-state index contributed by atoms with van der Waals surface area (Å²) in [5.41, 5.74) is 2.16. The molecule has 0 bridgehead atoms. The number of carbonyl (C=O) groups excluding carboxylic acids is 1. The number of fused-ring (bicyclic) bond motifs is 2. The summed E-state index contributed by atoms with van der Waals surface area (Å²) < 4.78 is 1.99. The Morgan fingerprint density at radius 2 is 2.25 bits per heavy atom. The summed E-state index contributed by atoms with van der Waals surface area (Å²) in [4.78, 5) is 14.6. The van der Waals surface area contributed by atoms with E-state index in [1.807, 2.05) is 21.8 Å². The van der Waals surface area contributed by atoms with Crippen molar-refractivity contribution in [2.45, 2.75) is 32.7 Å². The molecule has 4 heteroatoms. The Morgan fingerprint density at radius 1 is 1.35 bits per heavy atom. The Labute approximate surface area is 118 Å². The van der Waals surface area contributed by atoms with Gasteiger partial charge in [-0.3, -0.25) is 9.48 Å². The van der Waals surface area contributed by atoms with Gasteiger partial charge in [-0.15, -0.1) is 0 Å². The van der Waals surface area contributed by atoms with Crippen LogP contribution in [0.25, 0.3) is 10.9 Å². The maximum Gasteiger partial charge on any atom is 0.230 e. The molecular formula is C16H19N3O. The lowest BCUT2D eigenvalue weighted by molar-refractivity contribution is -0.120. The molecule has 1 aliphatic carbocycles. The molecular weight excluding hydrogens is 250 g/mol. The second-order valence-corrected chi connectivity index (χ2v) is 5.92. The molecule has 1 aromatic carbocycles. The van der Waals surface area contributed by atoms with Crippen LogP contribution in [0, 0.1) is 11.8 Å². The van der Waals surface area contributed by atoms with Crippen LogP contribution in [-0.2, 0) is 11.3 Å². The molecule has 2 heterocycles. The van der Waals surface area contributed by atoms with Crippen LogP contribution >= 0.6 is 0 Å². The predicted octanol–water partition coefficient (Wildman–Crippen LogP) is 2.82. The van der Waals surface area contributed by atoms with Crippen LogP contribution in [0.3, 0.4) is 0 Å². The van der Waals surface area contributed by atoms with Crippen LogP contribution in [0.5, 0.6) is 0 Å². The molecule has 4 nitrogen and oxygen atoms in total. The van der Waals surface area contributed by atoms with Gasteiger partial charge in [0, 0.05) is 24.4 Å². The van der Waals surface area contributed by atoms with E-state index in [-0.39, 0.29) is 5.92 Å². The van der Waals surface area contributed by atoms with Gasteiger partial charge in [0.15, 0.2) is 0 Å². The molecule has 1 aliphatic heterocycles. The summed E-state index contributed by atoms with van der Waals surface area (Å²) >= 11 is 0. The lowest BCUT2D eigenvalue weighted by Crippen LogP contribution is -2.27. The highest BCUT2D eigenvalue weighted by Crippen LogP contribution is 2.42. The first-order chi connectivity index (χ1) is 9.79. The summed E-state index contributed by atoms with van der Waals surface area (Å²) in [5, 5.41) is 5.52. The largest absolute Gasteiger partial charge is 0.311 e. The van der Waals surface area contributed by atoms with Gasteiger partial charge in [0.05, 0.1) is 17.4 Å². The number of aromatic nitrogens is 2. The molecule has 2 atom stereocenters. The SMILES string of the molecule is CCn1ncc2c(N3C[C@H]4CCC[C@H]4C3=O)cccc21. The zero-order valence-corrected chi connectivity index (χ0v) is 11.7. The molecule has 1 saturated heterocycles. The molecule has 1 aromatic heterocycles. The molecule has 1 amide bonds. The fourth-order valence-corrected chi connectivity index (χ4v) is 3.90. The van der Waals surface area contributed by atoms with Crippen LogP contribution < -0.4 is 4.90 Å². The number of hydrogen-bond acceptors (Lipinski definition) is 2. The van der Waals surface area contributed by atoms with E-state index in [2.05, 4.69) is 24.2 Å². The zero-order chi connectivity index (χ0) is 13.7. The quantitative estimate of drug-likeness (QED) is 0.840. The normalized spacial score (nSPS) is 25.6. The van der Waals surface area contributed by atoms with Gasteiger partial charge >= 0.3 is 0 Å². The van der Waals surface area contributed by atoms with Gasteiger partial charge in [0.1, 0.15) is 0 Å². The van der Waals surface area contributed by atoms with Crippen molar-refractivity contribution in [1.29, 1.82) is 0 Å². The third-order valence-corrected chi connectivity index (χ3v) is 4.91. The first kappa shape index (κ1) is 11.9. The van der Waals surface area contributed by atoms with Crippen LogP contribution in [-0.4, -0.2) is 22.2 Å². The summed E-state index contributed by atoms with van der Waals surface area (Å²) in [6, 6.07) is 6.17. The number of hydrogen-bond donors (Lipinski definition) is 0. The second-order valence-electron chi connectivity index (χ2n) is 5.92. The molecule has 0 spiro atoms. The van der Waals surface area contributed by atoms with Crippen LogP contribution in [0.4, 0.5) is 5.69 Å². The highest BCUT2D eigenvalue weighted by atomic mass is 16.2. The molecule has 2 fully saturated rings. The fraction of sp³-hybridized carbons (Fsp3) is 0.500. The van der Waals surface area contributed by atoms with Gasteiger partial charge in [0.2, 0.25) is 5.91 Å². The average molecular weight is 269 g/mol. The van der Waals surface area contributed by atoms with E-state index in [9.17, 15) is 4.79 Å². The van der Waals surface area contributed by atoms with Crippen molar-refractivity contribution in [1.82, 2.24) is 9.78 Å². The topological polar surface area (TPSA) is 38.1 Å².